The van der Waals surface area contributed by atoms with Gasteiger partial charge in [0.25, 0.3) is 0 Å². The summed E-state index contributed by atoms with van der Waals surface area (Å²) >= 11 is 5.24. The summed E-state index contributed by atoms with van der Waals surface area (Å²) in [6.07, 6.45) is -3.45. The van der Waals surface area contributed by atoms with Gasteiger partial charge >= 0.3 is 6.18 Å². The minimum absolute atomic E-state index is 0.593. The first-order valence-electron chi connectivity index (χ1n) is 3.37. The lowest BCUT2D eigenvalue weighted by atomic mass is 10.2. The van der Waals surface area contributed by atoms with E-state index in [0.29, 0.717) is 0 Å². The van der Waals surface area contributed by atoms with Gasteiger partial charge in [0.15, 0.2) is 5.17 Å². The second kappa shape index (κ2) is 3.83. The van der Waals surface area contributed by atoms with Gasteiger partial charge < -0.3 is 5.21 Å². The fourth-order valence-corrected chi connectivity index (χ4v) is 0.996. The quantitative estimate of drug-likeness (QED) is 0.453. The fraction of sp³-hybridized carbons (Fsp3) is 0.143. The van der Waals surface area contributed by atoms with Gasteiger partial charge in [-0.2, -0.15) is 13.2 Å². The van der Waals surface area contributed by atoms with Crippen LogP contribution < -0.4 is 0 Å². The minimum atomic E-state index is -4.57. The zero-order valence-corrected chi connectivity index (χ0v) is 7.34. The second-order valence-corrected chi connectivity index (χ2v) is 2.65. The molecule has 0 saturated heterocycles. The van der Waals surface area contributed by atoms with Crippen molar-refractivity contribution < 1.29 is 18.4 Å². The van der Waals surface area contributed by atoms with E-state index in [-0.39, 0.29) is 0 Å². The molecule has 1 N–H and O–H groups in total. The average molecular weight is 225 g/mol. The molecule has 0 fully saturated rings. The molecule has 0 aromatic carbocycles. The third-order valence-corrected chi connectivity index (χ3v) is 1.65. The lowest BCUT2D eigenvalue weighted by Crippen LogP contribution is -2.12. The van der Waals surface area contributed by atoms with Gasteiger partial charge in [-0.15, -0.1) is 0 Å². The van der Waals surface area contributed by atoms with Crippen LogP contribution in [0.2, 0.25) is 0 Å². The molecule has 0 aliphatic carbocycles. The summed E-state index contributed by atoms with van der Waals surface area (Å²) in [5, 5.41) is 9.98. The van der Waals surface area contributed by atoms with Gasteiger partial charge in [0.2, 0.25) is 0 Å². The lowest BCUT2D eigenvalue weighted by molar-refractivity contribution is -0.137. The van der Waals surface area contributed by atoms with Crippen molar-refractivity contribution >= 4 is 16.8 Å². The van der Waals surface area contributed by atoms with Gasteiger partial charge in [-0.25, -0.2) is 0 Å². The highest BCUT2D eigenvalue weighted by Crippen LogP contribution is 2.31. The Morgan fingerprint density at radius 3 is 2.64 bits per heavy atom. The summed E-state index contributed by atoms with van der Waals surface area (Å²) < 4.78 is 36.9. The maximum absolute atomic E-state index is 12.3. The highest BCUT2D eigenvalue weighted by atomic mass is 35.5. The molecule has 0 atom stereocenters. The van der Waals surface area contributed by atoms with E-state index in [9.17, 15) is 13.2 Å². The van der Waals surface area contributed by atoms with E-state index in [0.717, 1.165) is 18.3 Å². The van der Waals surface area contributed by atoms with Crippen molar-refractivity contribution in [2.45, 2.75) is 6.18 Å². The summed E-state index contributed by atoms with van der Waals surface area (Å²) in [7, 11) is 0. The molecular weight excluding hydrogens is 221 g/mol. The average Bonchev–Trinajstić information content (AvgIpc) is 2.15. The standard InChI is InChI=1S/C7H4ClF3N2O/c8-6(13-14)5-4(7(9,10)11)2-1-3-12-5/h1-3,14H. The molecule has 1 rings (SSSR count). The predicted octanol–water partition coefficient (Wildman–Crippen LogP) is 2.48. The van der Waals surface area contributed by atoms with Gasteiger partial charge in [-0.3, -0.25) is 4.98 Å². The van der Waals surface area contributed by atoms with E-state index in [4.69, 9.17) is 16.8 Å². The molecule has 76 valence electrons. The highest BCUT2D eigenvalue weighted by molar-refractivity contribution is 6.69. The molecule has 1 heterocycles. The maximum atomic E-state index is 12.3. The Balaban J connectivity index is 3.31. The number of pyridine rings is 1. The summed E-state index contributed by atoms with van der Waals surface area (Å²) in [6, 6.07) is 1.92. The number of rotatable bonds is 1. The van der Waals surface area contributed by atoms with Crippen LogP contribution in [-0.4, -0.2) is 15.4 Å². The molecule has 1 aromatic rings. The van der Waals surface area contributed by atoms with Crippen molar-refractivity contribution in [2.24, 2.45) is 5.16 Å². The SMILES string of the molecule is ON=C(Cl)c1ncccc1C(F)(F)F. The molecule has 0 unspecified atom stereocenters. The number of alkyl halides is 3. The molecule has 0 saturated carbocycles. The van der Waals surface area contributed by atoms with Crippen molar-refractivity contribution in [1.29, 1.82) is 0 Å². The lowest BCUT2D eigenvalue weighted by Gasteiger charge is -2.09. The predicted molar refractivity (Wildman–Crippen MR) is 43.4 cm³/mol. The van der Waals surface area contributed by atoms with Crippen LogP contribution in [-0.2, 0) is 6.18 Å². The van der Waals surface area contributed by atoms with E-state index in [1.54, 1.807) is 0 Å². The summed E-state index contributed by atoms with van der Waals surface area (Å²) in [6.45, 7) is 0. The Morgan fingerprint density at radius 1 is 1.50 bits per heavy atom. The van der Waals surface area contributed by atoms with Gasteiger partial charge in [0.05, 0.1) is 5.56 Å². The Hall–Kier alpha value is -1.30. The molecular formula is C7H4ClF3N2O. The molecule has 14 heavy (non-hydrogen) atoms. The van der Waals surface area contributed by atoms with Crippen molar-refractivity contribution in [2.75, 3.05) is 0 Å². The van der Waals surface area contributed by atoms with Gasteiger partial charge in [-0.1, -0.05) is 16.8 Å². The van der Waals surface area contributed by atoms with Crippen LogP contribution in [0.15, 0.2) is 23.5 Å². The Labute approximate surface area is 81.8 Å². The van der Waals surface area contributed by atoms with Crippen molar-refractivity contribution in [3.8, 4) is 0 Å². The first-order chi connectivity index (χ1) is 6.46. The Kier molecular flexibility index (Phi) is 2.95. The maximum Gasteiger partial charge on any atom is 0.418 e. The second-order valence-electron chi connectivity index (χ2n) is 2.29. The third kappa shape index (κ3) is 2.14. The zero-order valence-electron chi connectivity index (χ0n) is 6.59. The normalized spacial score (nSPS) is 13.0. The van der Waals surface area contributed by atoms with Crippen molar-refractivity contribution in [3.63, 3.8) is 0 Å². The molecule has 0 bridgehead atoms. The van der Waals surface area contributed by atoms with E-state index in [1.165, 1.54) is 0 Å². The molecule has 7 heteroatoms. The third-order valence-electron chi connectivity index (χ3n) is 1.40. The highest BCUT2D eigenvalue weighted by Gasteiger charge is 2.35. The molecule has 0 aliphatic rings. The van der Waals surface area contributed by atoms with E-state index < -0.39 is 22.6 Å². The van der Waals surface area contributed by atoms with E-state index >= 15 is 0 Å². The van der Waals surface area contributed by atoms with Crippen LogP contribution in [0.5, 0.6) is 0 Å². The minimum Gasteiger partial charge on any atom is -0.410 e. The van der Waals surface area contributed by atoms with Crippen LogP contribution in [0.1, 0.15) is 11.3 Å². The van der Waals surface area contributed by atoms with Gasteiger partial charge in [0.1, 0.15) is 5.69 Å². The summed E-state index contributed by atoms with van der Waals surface area (Å²) in [5.74, 6) is 0. The van der Waals surface area contributed by atoms with Crippen LogP contribution in [0, 0.1) is 0 Å². The number of halogens is 4. The summed E-state index contributed by atoms with van der Waals surface area (Å²) in [5.41, 5.74) is -1.63. The molecule has 0 aliphatic heterocycles. The molecule has 0 spiro atoms. The number of oxime groups is 1. The molecule has 3 nitrogen and oxygen atoms in total. The summed E-state index contributed by atoms with van der Waals surface area (Å²) in [4.78, 5) is 3.37. The number of nitrogens with zero attached hydrogens (tertiary/aromatic N) is 2. The molecule has 1 aromatic heterocycles. The van der Waals surface area contributed by atoms with Gasteiger partial charge in [-0.05, 0) is 12.1 Å². The van der Waals surface area contributed by atoms with Crippen molar-refractivity contribution in [3.05, 3.63) is 29.6 Å². The number of hydrogen-bond donors (Lipinski definition) is 1. The first-order valence-corrected chi connectivity index (χ1v) is 3.74. The van der Waals surface area contributed by atoms with E-state index in [2.05, 4.69) is 10.1 Å². The topological polar surface area (TPSA) is 45.5 Å². The number of hydrogen-bond acceptors (Lipinski definition) is 3. The van der Waals surface area contributed by atoms with Crippen LogP contribution in [0.3, 0.4) is 0 Å². The number of aromatic nitrogens is 1. The largest absolute Gasteiger partial charge is 0.418 e. The van der Waals surface area contributed by atoms with Crippen LogP contribution >= 0.6 is 11.6 Å². The van der Waals surface area contributed by atoms with E-state index in [1.807, 2.05) is 0 Å². The van der Waals surface area contributed by atoms with Crippen molar-refractivity contribution in [1.82, 2.24) is 4.98 Å². The Bertz CT molecular complexity index is 364. The Morgan fingerprint density at radius 2 is 2.14 bits per heavy atom. The van der Waals surface area contributed by atoms with Crippen LogP contribution in [0.4, 0.5) is 13.2 Å². The first kappa shape index (κ1) is 10.8. The smallest absolute Gasteiger partial charge is 0.410 e. The molecule has 0 radical (unpaired) electrons. The van der Waals surface area contributed by atoms with Gasteiger partial charge in [0, 0.05) is 6.20 Å². The monoisotopic (exact) mass is 224 g/mol. The molecule has 0 amide bonds. The fourth-order valence-electron chi connectivity index (χ4n) is 0.846. The van der Waals surface area contributed by atoms with Crippen LogP contribution in [0.25, 0.3) is 0 Å². The zero-order chi connectivity index (χ0) is 10.8.